The molecule has 0 spiro atoms. The van der Waals surface area contributed by atoms with Crippen LogP contribution in [0.4, 0.5) is 5.69 Å². The van der Waals surface area contributed by atoms with Gasteiger partial charge in [-0.3, -0.25) is 4.79 Å². The lowest BCUT2D eigenvalue weighted by molar-refractivity contribution is 0.1000. The first kappa shape index (κ1) is 16.3. The Bertz CT molecular complexity index is 486. The minimum atomic E-state index is -0.371. The number of benzene rings is 1. The van der Waals surface area contributed by atoms with E-state index in [9.17, 15) is 4.79 Å². The fourth-order valence-corrected chi connectivity index (χ4v) is 3.53. The van der Waals surface area contributed by atoms with Gasteiger partial charge in [0.05, 0.1) is 11.3 Å². The molecule has 116 valence electrons. The highest BCUT2D eigenvalue weighted by atomic mass is 79.9. The van der Waals surface area contributed by atoms with Crippen molar-refractivity contribution in [2.75, 3.05) is 31.1 Å². The molecule has 3 N–H and O–H groups in total. The summed E-state index contributed by atoms with van der Waals surface area (Å²) in [6, 6.07) is 5.84. The Hall–Kier alpha value is -1.07. The largest absolute Gasteiger partial charge is 0.371 e. The van der Waals surface area contributed by atoms with Crippen LogP contribution in [0.5, 0.6) is 0 Å². The van der Waals surface area contributed by atoms with Crippen molar-refractivity contribution in [1.82, 2.24) is 5.32 Å². The van der Waals surface area contributed by atoms with Gasteiger partial charge in [0, 0.05) is 17.6 Å². The number of amides is 1. The van der Waals surface area contributed by atoms with E-state index >= 15 is 0 Å². The van der Waals surface area contributed by atoms with Crippen molar-refractivity contribution in [3.05, 3.63) is 28.2 Å². The van der Waals surface area contributed by atoms with Gasteiger partial charge >= 0.3 is 0 Å². The molecule has 1 saturated heterocycles. The molecule has 1 aliphatic heterocycles. The smallest absolute Gasteiger partial charge is 0.251 e. The molecule has 0 bridgehead atoms. The molecule has 4 nitrogen and oxygen atoms in total. The first-order chi connectivity index (χ1) is 10.1. The van der Waals surface area contributed by atoms with Crippen molar-refractivity contribution in [1.29, 1.82) is 0 Å². The van der Waals surface area contributed by atoms with Gasteiger partial charge in [0.1, 0.15) is 0 Å². The van der Waals surface area contributed by atoms with Gasteiger partial charge in [0.25, 0.3) is 5.91 Å². The molecule has 1 heterocycles. The number of nitrogens with one attached hydrogen (secondary N) is 1. The second-order valence-corrected chi connectivity index (χ2v) is 6.49. The zero-order chi connectivity index (χ0) is 15.2. The number of hydrogen-bond acceptors (Lipinski definition) is 3. The summed E-state index contributed by atoms with van der Waals surface area (Å²) < 4.78 is 0.777. The third kappa shape index (κ3) is 4.20. The first-order valence-corrected chi connectivity index (χ1v) is 8.46. The molecule has 21 heavy (non-hydrogen) atoms. The number of anilines is 1. The molecule has 0 radical (unpaired) electrons. The molecule has 1 fully saturated rings. The third-order valence-corrected chi connectivity index (χ3v) is 4.67. The second-order valence-electron chi connectivity index (χ2n) is 5.64. The topological polar surface area (TPSA) is 58.4 Å². The summed E-state index contributed by atoms with van der Waals surface area (Å²) in [5.41, 5.74) is 7.13. The summed E-state index contributed by atoms with van der Waals surface area (Å²) in [5.74, 6) is 0.307. The van der Waals surface area contributed by atoms with Crippen molar-refractivity contribution < 1.29 is 4.79 Å². The normalized spacial score (nSPS) is 15.9. The molecular formula is C16H24BrN3O. The van der Waals surface area contributed by atoms with E-state index in [1.807, 2.05) is 18.2 Å². The Balaban J connectivity index is 2.24. The van der Waals surface area contributed by atoms with E-state index in [0.717, 1.165) is 42.8 Å². The Morgan fingerprint density at radius 3 is 2.76 bits per heavy atom. The number of carbonyl (C=O) groups is 1. The summed E-state index contributed by atoms with van der Waals surface area (Å²) in [5, 5.41) is 3.40. The number of nitrogens with two attached hydrogens (primary N) is 1. The van der Waals surface area contributed by atoms with Gasteiger partial charge < -0.3 is 16.0 Å². The summed E-state index contributed by atoms with van der Waals surface area (Å²) in [6.45, 7) is 6.28. The van der Waals surface area contributed by atoms with E-state index in [-0.39, 0.29) is 5.91 Å². The average molecular weight is 354 g/mol. The standard InChI is InChI=1S/C16H24BrN3O/c1-2-10-20(11-12-6-8-19-9-7-12)14-5-3-4-13(17)15(14)16(18)21/h3-5,12,19H,2,6-11H2,1H3,(H2,18,21). The maximum absolute atomic E-state index is 11.8. The Morgan fingerprint density at radius 2 is 2.14 bits per heavy atom. The summed E-state index contributed by atoms with van der Waals surface area (Å²) >= 11 is 3.45. The van der Waals surface area contributed by atoms with Crippen molar-refractivity contribution in [3.63, 3.8) is 0 Å². The number of hydrogen-bond donors (Lipinski definition) is 2. The monoisotopic (exact) mass is 353 g/mol. The minimum Gasteiger partial charge on any atom is -0.371 e. The Kier molecular flexibility index (Phi) is 6.06. The van der Waals surface area contributed by atoms with Gasteiger partial charge in [-0.25, -0.2) is 0 Å². The van der Waals surface area contributed by atoms with Gasteiger partial charge in [0.2, 0.25) is 0 Å². The molecule has 0 unspecified atom stereocenters. The molecule has 1 amide bonds. The maximum atomic E-state index is 11.8. The molecule has 0 saturated carbocycles. The van der Waals surface area contributed by atoms with E-state index in [0.29, 0.717) is 11.5 Å². The van der Waals surface area contributed by atoms with Gasteiger partial charge in [-0.2, -0.15) is 0 Å². The Labute approximate surface area is 135 Å². The van der Waals surface area contributed by atoms with Crippen LogP contribution in [0.2, 0.25) is 0 Å². The zero-order valence-electron chi connectivity index (χ0n) is 12.6. The lowest BCUT2D eigenvalue weighted by atomic mass is 9.97. The van der Waals surface area contributed by atoms with Crippen molar-refractivity contribution in [2.24, 2.45) is 11.7 Å². The number of rotatable bonds is 6. The summed E-state index contributed by atoms with van der Waals surface area (Å²) in [7, 11) is 0. The molecule has 0 atom stereocenters. The lowest BCUT2D eigenvalue weighted by Gasteiger charge is -2.32. The van der Waals surface area contributed by atoms with Crippen LogP contribution in [0.25, 0.3) is 0 Å². The van der Waals surface area contributed by atoms with Gasteiger partial charge in [0.15, 0.2) is 0 Å². The molecular weight excluding hydrogens is 330 g/mol. The highest BCUT2D eigenvalue weighted by molar-refractivity contribution is 9.10. The van der Waals surface area contributed by atoms with Crippen LogP contribution < -0.4 is 16.0 Å². The van der Waals surface area contributed by atoms with Crippen LogP contribution in [0.15, 0.2) is 22.7 Å². The quantitative estimate of drug-likeness (QED) is 0.826. The Morgan fingerprint density at radius 1 is 1.43 bits per heavy atom. The molecule has 2 rings (SSSR count). The molecule has 1 aliphatic rings. The molecule has 1 aromatic rings. The van der Waals surface area contributed by atoms with Crippen molar-refractivity contribution >= 4 is 27.5 Å². The third-order valence-electron chi connectivity index (χ3n) is 4.01. The van der Waals surface area contributed by atoms with E-state index in [4.69, 9.17) is 5.73 Å². The summed E-state index contributed by atoms with van der Waals surface area (Å²) in [6.07, 6.45) is 3.44. The first-order valence-electron chi connectivity index (χ1n) is 7.67. The molecule has 1 aromatic carbocycles. The number of nitrogens with zero attached hydrogens (tertiary/aromatic N) is 1. The van der Waals surface area contributed by atoms with E-state index in [1.165, 1.54) is 12.8 Å². The van der Waals surface area contributed by atoms with Crippen LogP contribution >= 0.6 is 15.9 Å². The van der Waals surface area contributed by atoms with Gasteiger partial charge in [-0.1, -0.05) is 13.0 Å². The highest BCUT2D eigenvalue weighted by Gasteiger charge is 2.21. The maximum Gasteiger partial charge on any atom is 0.251 e. The molecule has 0 aliphatic carbocycles. The fraction of sp³-hybridized carbons (Fsp3) is 0.562. The SMILES string of the molecule is CCCN(CC1CCNCC1)c1cccc(Br)c1C(N)=O. The molecule has 0 aromatic heterocycles. The van der Waals surface area contributed by atoms with Crippen LogP contribution in [0.3, 0.4) is 0 Å². The second kappa shape index (κ2) is 7.80. The van der Waals surface area contributed by atoms with E-state index < -0.39 is 0 Å². The molecule has 5 heteroatoms. The number of piperidine rings is 1. The predicted molar refractivity (Wildman–Crippen MR) is 90.8 cm³/mol. The van der Waals surface area contributed by atoms with Crippen LogP contribution in [-0.2, 0) is 0 Å². The highest BCUT2D eigenvalue weighted by Crippen LogP contribution is 2.29. The average Bonchev–Trinajstić information content (AvgIpc) is 2.47. The number of carbonyl (C=O) groups excluding carboxylic acids is 1. The van der Waals surface area contributed by atoms with E-state index in [2.05, 4.69) is 33.1 Å². The fourth-order valence-electron chi connectivity index (χ4n) is 2.98. The number of halogens is 1. The van der Waals surface area contributed by atoms with E-state index in [1.54, 1.807) is 0 Å². The van der Waals surface area contributed by atoms with Crippen molar-refractivity contribution in [3.8, 4) is 0 Å². The van der Waals surface area contributed by atoms with Crippen LogP contribution in [0.1, 0.15) is 36.5 Å². The van der Waals surface area contributed by atoms with Gasteiger partial charge in [-0.15, -0.1) is 0 Å². The van der Waals surface area contributed by atoms with Crippen LogP contribution in [-0.4, -0.2) is 32.1 Å². The number of primary amides is 1. The summed E-state index contributed by atoms with van der Waals surface area (Å²) in [4.78, 5) is 14.1. The zero-order valence-corrected chi connectivity index (χ0v) is 14.2. The van der Waals surface area contributed by atoms with Crippen LogP contribution in [0, 0.1) is 5.92 Å². The predicted octanol–water partition coefficient (Wildman–Crippen LogP) is 2.76. The minimum absolute atomic E-state index is 0.371. The van der Waals surface area contributed by atoms with Crippen molar-refractivity contribution in [2.45, 2.75) is 26.2 Å². The van der Waals surface area contributed by atoms with Gasteiger partial charge in [-0.05, 0) is 66.3 Å². The lowest BCUT2D eigenvalue weighted by Crippen LogP contribution is -2.37.